The lowest BCUT2D eigenvalue weighted by atomic mass is 9.90. The molecule has 134 valence electrons. The Morgan fingerprint density at radius 1 is 1.32 bits per heavy atom. The van der Waals surface area contributed by atoms with Crippen molar-refractivity contribution in [3.63, 3.8) is 0 Å². The first-order valence-corrected chi connectivity index (χ1v) is 8.88. The van der Waals surface area contributed by atoms with Crippen molar-refractivity contribution < 1.29 is 18.7 Å². The molecule has 2 aliphatic rings. The maximum Gasteiger partial charge on any atom is 0.315 e. The molecule has 6 heteroatoms. The van der Waals surface area contributed by atoms with Crippen molar-refractivity contribution in [2.75, 3.05) is 19.8 Å². The second kappa shape index (κ2) is 6.69. The van der Waals surface area contributed by atoms with Gasteiger partial charge >= 0.3 is 6.03 Å². The maximum absolute atomic E-state index is 12.3. The largest absolute Gasteiger partial charge is 0.459 e. The van der Waals surface area contributed by atoms with Crippen LogP contribution in [0.3, 0.4) is 0 Å². The monoisotopic (exact) mass is 344 g/mol. The molecule has 2 N–H and O–H groups in total. The summed E-state index contributed by atoms with van der Waals surface area (Å²) in [6.45, 7) is 4.43. The number of ether oxygens (including phenoxy) is 2. The van der Waals surface area contributed by atoms with Gasteiger partial charge in [-0.3, -0.25) is 0 Å². The normalized spacial score (nSPS) is 26.2. The Morgan fingerprint density at radius 2 is 2.20 bits per heavy atom. The highest BCUT2D eigenvalue weighted by Gasteiger charge is 2.41. The van der Waals surface area contributed by atoms with Gasteiger partial charge in [-0.2, -0.15) is 0 Å². The number of para-hydroxylation sites is 1. The first-order chi connectivity index (χ1) is 12.2. The molecule has 4 rings (SSSR count). The first-order valence-electron chi connectivity index (χ1n) is 8.88. The number of fused-ring (bicyclic) bond motifs is 1. The van der Waals surface area contributed by atoms with E-state index >= 15 is 0 Å². The SMILES string of the molecule is Cc1c(CNC(=O)N[C@H]2CCO[C@@]3(CCOC3)C2)oc2ccccc12. The number of carbonyl (C=O) groups is 1. The molecule has 2 aliphatic heterocycles. The molecule has 2 fully saturated rings. The number of rotatable bonds is 3. The van der Waals surface area contributed by atoms with Crippen LogP contribution in [0.2, 0.25) is 0 Å². The van der Waals surface area contributed by atoms with E-state index in [2.05, 4.69) is 10.6 Å². The minimum atomic E-state index is -0.203. The fourth-order valence-electron chi connectivity index (χ4n) is 3.80. The van der Waals surface area contributed by atoms with Crippen LogP contribution < -0.4 is 10.6 Å². The molecule has 1 spiro atoms. The number of carbonyl (C=O) groups excluding carboxylic acids is 1. The van der Waals surface area contributed by atoms with E-state index < -0.39 is 0 Å². The van der Waals surface area contributed by atoms with Gasteiger partial charge in [0, 0.05) is 36.6 Å². The van der Waals surface area contributed by atoms with Gasteiger partial charge in [0.1, 0.15) is 11.3 Å². The summed E-state index contributed by atoms with van der Waals surface area (Å²) in [6.07, 6.45) is 2.55. The zero-order chi connectivity index (χ0) is 17.3. The zero-order valence-corrected chi connectivity index (χ0v) is 14.5. The van der Waals surface area contributed by atoms with Gasteiger partial charge in [0.05, 0.1) is 18.8 Å². The van der Waals surface area contributed by atoms with Crippen LogP contribution in [0.25, 0.3) is 11.0 Å². The van der Waals surface area contributed by atoms with Crippen molar-refractivity contribution in [2.24, 2.45) is 0 Å². The van der Waals surface area contributed by atoms with Crippen molar-refractivity contribution in [1.29, 1.82) is 0 Å². The second-order valence-corrected chi connectivity index (χ2v) is 7.00. The van der Waals surface area contributed by atoms with Crippen LogP contribution in [-0.2, 0) is 16.0 Å². The number of amides is 2. The Hall–Kier alpha value is -2.05. The van der Waals surface area contributed by atoms with Gasteiger partial charge in [-0.25, -0.2) is 4.79 Å². The standard InChI is InChI=1S/C19H24N2O4/c1-13-15-4-2-3-5-16(15)25-17(13)11-20-18(22)21-14-6-8-24-19(10-14)7-9-23-12-19/h2-5,14H,6-12H2,1H3,(H2,20,21,22)/t14-,19-/m0/s1. The minimum Gasteiger partial charge on any atom is -0.459 e. The third-order valence-corrected chi connectivity index (χ3v) is 5.25. The molecule has 0 bridgehead atoms. The highest BCUT2D eigenvalue weighted by molar-refractivity contribution is 5.82. The number of nitrogens with one attached hydrogen (secondary N) is 2. The van der Waals surface area contributed by atoms with Gasteiger partial charge in [-0.15, -0.1) is 0 Å². The van der Waals surface area contributed by atoms with E-state index in [0.717, 1.165) is 48.2 Å². The highest BCUT2D eigenvalue weighted by Crippen LogP contribution is 2.32. The summed E-state index contributed by atoms with van der Waals surface area (Å²) in [6, 6.07) is 7.86. The molecule has 2 atom stereocenters. The molecule has 3 heterocycles. The number of hydrogen-bond donors (Lipinski definition) is 2. The third-order valence-electron chi connectivity index (χ3n) is 5.25. The highest BCUT2D eigenvalue weighted by atomic mass is 16.6. The maximum atomic E-state index is 12.3. The number of aryl methyl sites for hydroxylation is 1. The molecule has 0 radical (unpaired) electrons. The summed E-state index contributed by atoms with van der Waals surface area (Å²) in [4.78, 5) is 12.3. The summed E-state index contributed by atoms with van der Waals surface area (Å²) in [5, 5.41) is 7.07. The fourth-order valence-corrected chi connectivity index (χ4v) is 3.80. The number of furan rings is 1. The van der Waals surface area contributed by atoms with E-state index in [9.17, 15) is 4.79 Å². The van der Waals surface area contributed by atoms with Crippen molar-refractivity contribution in [2.45, 2.75) is 44.4 Å². The molecule has 0 unspecified atom stereocenters. The molecule has 0 aliphatic carbocycles. The van der Waals surface area contributed by atoms with Crippen LogP contribution in [0.5, 0.6) is 0 Å². The molecule has 25 heavy (non-hydrogen) atoms. The van der Waals surface area contributed by atoms with E-state index in [1.165, 1.54) is 0 Å². The third kappa shape index (κ3) is 3.37. The van der Waals surface area contributed by atoms with Gasteiger partial charge in [-0.05, 0) is 25.8 Å². The van der Waals surface area contributed by atoms with Crippen LogP contribution in [0.15, 0.2) is 28.7 Å². The van der Waals surface area contributed by atoms with Crippen molar-refractivity contribution in [3.05, 3.63) is 35.6 Å². The van der Waals surface area contributed by atoms with E-state index in [4.69, 9.17) is 13.9 Å². The summed E-state index contributed by atoms with van der Waals surface area (Å²) >= 11 is 0. The van der Waals surface area contributed by atoms with Crippen molar-refractivity contribution >= 4 is 17.0 Å². The average molecular weight is 344 g/mol. The predicted octanol–water partition coefficient (Wildman–Crippen LogP) is 2.88. The molecule has 6 nitrogen and oxygen atoms in total. The molecule has 0 saturated carbocycles. The lowest BCUT2D eigenvalue weighted by Gasteiger charge is -2.37. The van der Waals surface area contributed by atoms with Crippen LogP contribution in [-0.4, -0.2) is 37.5 Å². The Labute approximate surface area is 146 Å². The first kappa shape index (κ1) is 16.4. The van der Waals surface area contributed by atoms with Crippen LogP contribution in [0.1, 0.15) is 30.6 Å². The average Bonchev–Trinajstić information content (AvgIpc) is 3.18. The van der Waals surface area contributed by atoms with Gasteiger partial charge in [0.15, 0.2) is 0 Å². The molecular weight excluding hydrogens is 320 g/mol. The van der Waals surface area contributed by atoms with Crippen LogP contribution in [0.4, 0.5) is 4.79 Å². The van der Waals surface area contributed by atoms with Crippen molar-refractivity contribution in [1.82, 2.24) is 10.6 Å². The van der Waals surface area contributed by atoms with Gasteiger partial charge in [0.2, 0.25) is 0 Å². The molecule has 2 saturated heterocycles. The van der Waals surface area contributed by atoms with E-state index in [1.807, 2.05) is 31.2 Å². The van der Waals surface area contributed by atoms with Crippen LogP contribution in [0, 0.1) is 6.92 Å². The van der Waals surface area contributed by atoms with Gasteiger partial charge in [-0.1, -0.05) is 18.2 Å². The minimum absolute atomic E-state index is 0.118. The Kier molecular flexibility index (Phi) is 4.39. The van der Waals surface area contributed by atoms with Crippen molar-refractivity contribution in [3.8, 4) is 0 Å². The lowest BCUT2D eigenvalue weighted by molar-refractivity contribution is -0.0878. The molecule has 1 aromatic carbocycles. The fraction of sp³-hybridized carbons (Fsp3) is 0.526. The zero-order valence-electron chi connectivity index (χ0n) is 14.5. The lowest BCUT2D eigenvalue weighted by Crippen LogP contribution is -2.51. The van der Waals surface area contributed by atoms with Gasteiger partial charge < -0.3 is 24.5 Å². The summed E-state index contributed by atoms with van der Waals surface area (Å²) in [5.74, 6) is 0.795. The van der Waals surface area contributed by atoms with E-state index in [-0.39, 0.29) is 17.7 Å². The summed E-state index contributed by atoms with van der Waals surface area (Å²) in [7, 11) is 0. The van der Waals surface area contributed by atoms with E-state index in [1.54, 1.807) is 0 Å². The van der Waals surface area contributed by atoms with Gasteiger partial charge in [0.25, 0.3) is 0 Å². The predicted molar refractivity (Wildman–Crippen MR) is 93.5 cm³/mol. The molecule has 1 aromatic heterocycles. The summed E-state index contributed by atoms with van der Waals surface area (Å²) < 4.78 is 17.2. The Morgan fingerprint density at radius 3 is 3.00 bits per heavy atom. The quantitative estimate of drug-likeness (QED) is 0.898. The number of hydrogen-bond acceptors (Lipinski definition) is 4. The number of urea groups is 1. The molecular formula is C19H24N2O4. The topological polar surface area (TPSA) is 72.7 Å². The van der Waals surface area contributed by atoms with E-state index in [0.29, 0.717) is 19.8 Å². The molecule has 2 amide bonds. The summed E-state index contributed by atoms with van der Waals surface area (Å²) in [5.41, 5.74) is 1.72. The van der Waals surface area contributed by atoms with Crippen LogP contribution >= 0.6 is 0 Å². The Balaban J connectivity index is 1.33. The smallest absolute Gasteiger partial charge is 0.315 e. The molecule has 2 aromatic rings. The Bertz CT molecular complexity index is 764. The second-order valence-electron chi connectivity index (χ2n) is 7.00. The number of benzene rings is 1.